The van der Waals surface area contributed by atoms with Crippen LogP contribution in [-0.4, -0.2) is 66.9 Å². The number of amides is 2. The number of carbonyl (C=O) groups is 2. The molecule has 6 nitrogen and oxygen atoms in total. The van der Waals surface area contributed by atoms with Crippen LogP contribution >= 0.6 is 0 Å². The summed E-state index contributed by atoms with van der Waals surface area (Å²) in [7, 11) is 0. The molecule has 1 fully saturated rings. The average Bonchev–Trinajstić information content (AvgIpc) is 2.45. The van der Waals surface area contributed by atoms with E-state index < -0.39 is 0 Å². The molecule has 20 heavy (non-hydrogen) atoms. The van der Waals surface area contributed by atoms with E-state index in [0.717, 1.165) is 32.4 Å². The molecule has 0 bridgehead atoms. The van der Waals surface area contributed by atoms with E-state index in [2.05, 4.69) is 17.1 Å². The second-order valence-electron chi connectivity index (χ2n) is 5.30. The van der Waals surface area contributed by atoms with E-state index in [1.807, 2.05) is 11.8 Å². The Bertz CT molecular complexity index is 314. The van der Waals surface area contributed by atoms with Crippen LogP contribution < -0.4 is 11.1 Å². The van der Waals surface area contributed by atoms with Crippen LogP contribution in [0.2, 0.25) is 0 Å². The number of carbonyl (C=O) groups excluding carboxylic acids is 2. The summed E-state index contributed by atoms with van der Waals surface area (Å²) in [6.07, 6.45) is 2.81. The number of likely N-dealkylation sites (N-methyl/N-ethyl adjacent to an activating group) is 1. The molecular weight excluding hydrogens is 256 g/mol. The number of unbranched alkanes of at least 4 members (excludes halogenated alkanes) is 1. The minimum Gasteiger partial charge on any atom is -0.355 e. The lowest BCUT2D eigenvalue weighted by atomic mass is 10.1. The topological polar surface area (TPSA) is 78.7 Å². The van der Waals surface area contributed by atoms with Crippen LogP contribution in [0.4, 0.5) is 0 Å². The van der Waals surface area contributed by atoms with Gasteiger partial charge < -0.3 is 16.0 Å². The summed E-state index contributed by atoms with van der Waals surface area (Å²) >= 11 is 0. The van der Waals surface area contributed by atoms with Gasteiger partial charge in [0, 0.05) is 32.7 Å². The molecule has 1 aliphatic rings. The van der Waals surface area contributed by atoms with Gasteiger partial charge in [-0.3, -0.25) is 14.5 Å². The molecule has 116 valence electrons. The number of rotatable bonds is 7. The Morgan fingerprint density at radius 2 is 1.85 bits per heavy atom. The zero-order valence-corrected chi connectivity index (χ0v) is 12.7. The summed E-state index contributed by atoms with van der Waals surface area (Å²) in [6.45, 7) is 7.88. The minimum atomic E-state index is -0.370. The molecule has 0 spiro atoms. The van der Waals surface area contributed by atoms with Crippen molar-refractivity contribution in [1.29, 1.82) is 0 Å². The molecule has 0 aliphatic carbocycles. The summed E-state index contributed by atoms with van der Waals surface area (Å²) in [4.78, 5) is 27.5. The highest BCUT2D eigenvalue weighted by Crippen LogP contribution is 2.06. The molecule has 1 rings (SSSR count). The Morgan fingerprint density at radius 3 is 2.40 bits per heavy atom. The van der Waals surface area contributed by atoms with Gasteiger partial charge in [-0.25, -0.2) is 0 Å². The fraction of sp³-hybridized carbons (Fsp3) is 0.857. The fourth-order valence-corrected chi connectivity index (χ4v) is 2.36. The number of hydrogen-bond donors (Lipinski definition) is 2. The van der Waals surface area contributed by atoms with E-state index in [1.54, 1.807) is 0 Å². The average molecular weight is 284 g/mol. The summed E-state index contributed by atoms with van der Waals surface area (Å²) in [5.41, 5.74) is 5.92. The van der Waals surface area contributed by atoms with Crippen molar-refractivity contribution in [3.05, 3.63) is 0 Å². The SMILES string of the molecule is CCCC[C@H](N)C(=O)N1CCN(CC(=O)NCC)CC1. The quantitative estimate of drug-likeness (QED) is 0.678. The van der Waals surface area contributed by atoms with Gasteiger partial charge in [-0.2, -0.15) is 0 Å². The first kappa shape index (κ1) is 16.9. The van der Waals surface area contributed by atoms with E-state index in [9.17, 15) is 9.59 Å². The van der Waals surface area contributed by atoms with Crippen molar-refractivity contribution < 1.29 is 9.59 Å². The lowest BCUT2D eigenvalue weighted by Gasteiger charge is -2.35. The Balaban J connectivity index is 2.30. The lowest BCUT2D eigenvalue weighted by Crippen LogP contribution is -2.54. The first-order chi connectivity index (χ1) is 9.58. The van der Waals surface area contributed by atoms with Gasteiger partial charge >= 0.3 is 0 Å². The van der Waals surface area contributed by atoms with Crippen LogP contribution in [0.5, 0.6) is 0 Å². The maximum absolute atomic E-state index is 12.1. The van der Waals surface area contributed by atoms with E-state index in [-0.39, 0.29) is 17.9 Å². The molecule has 0 aromatic heterocycles. The van der Waals surface area contributed by atoms with E-state index in [0.29, 0.717) is 26.2 Å². The number of nitrogens with one attached hydrogen (secondary N) is 1. The monoisotopic (exact) mass is 284 g/mol. The molecule has 1 atom stereocenters. The van der Waals surface area contributed by atoms with Crippen molar-refractivity contribution in [3.8, 4) is 0 Å². The predicted molar refractivity (Wildman–Crippen MR) is 79.2 cm³/mol. The molecule has 1 saturated heterocycles. The normalized spacial score (nSPS) is 17.9. The van der Waals surface area contributed by atoms with Gasteiger partial charge in [0.25, 0.3) is 0 Å². The Labute approximate surface area is 121 Å². The Morgan fingerprint density at radius 1 is 1.20 bits per heavy atom. The van der Waals surface area contributed by atoms with E-state index in [4.69, 9.17) is 5.73 Å². The number of nitrogens with two attached hydrogens (primary N) is 1. The molecular formula is C14H28N4O2. The van der Waals surface area contributed by atoms with Gasteiger partial charge in [-0.1, -0.05) is 19.8 Å². The van der Waals surface area contributed by atoms with Gasteiger partial charge in [-0.05, 0) is 13.3 Å². The molecule has 0 saturated carbocycles. The second kappa shape index (κ2) is 8.92. The highest BCUT2D eigenvalue weighted by atomic mass is 16.2. The van der Waals surface area contributed by atoms with Crippen molar-refractivity contribution in [2.24, 2.45) is 5.73 Å². The first-order valence-corrected chi connectivity index (χ1v) is 7.61. The molecule has 1 aliphatic heterocycles. The molecule has 0 aromatic carbocycles. The second-order valence-corrected chi connectivity index (χ2v) is 5.30. The summed E-state index contributed by atoms with van der Waals surface area (Å²) in [5.74, 6) is 0.100. The minimum absolute atomic E-state index is 0.0481. The van der Waals surface area contributed by atoms with Gasteiger partial charge in [0.05, 0.1) is 12.6 Å². The zero-order chi connectivity index (χ0) is 15.0. The highest BCUT2D eigenvalue weighted by Gasteiger charge is 2.25. The van der Waals surface area contributed by atoms with Gasteiger partial charge in [0.1, 0.15) is 0 Å². The summed E-state index contributed by atoms with van der Waals surface area (Å²) in [6, 6.07) is -0.370. The molecule has 3 N–H and O–H groups in total. The predicted octanol–water partition coefficient (Wildman–Crippen LogP) is -0.216. The third-order valence-electron chi connectivity index (χ3n) is 3.61. The van der Waals surface area contributed by atoms with Gasteiger partial charge in [0.15, 0.2) is 0 Å². The number of hydrogen-bond acceptors (Lipinski definition) is 4. The summed E-state index contributed by atoms with van der Waals surface area (Å²) in [5, 5.41) is 2.79. The van der Waals surface area contributed by atoms with Crippen molar-refractivity contribution in [3.63, 3.8) is 0 Å². The maximum Gasteiger partial charge on any atom is 0.239 e. The highest BCUT2D eigenvalue weighted by molar-refractivity contribution is 5.82. The van der Waals surface area contributed by atoms with Gasteiger partial charge in [-0.15, -0.1) is 0 Å². The van der Waals surface area contributed by atoms with E-state index >= 15 is 0 Å². The number of nitrogens with zero attached hydrogens (tertiary/aromatic N) is 2. The molecule has 1 heterocycles. The first-order valence-electron chi connectivity index (χ1n) is 7.61. The molecule has 2 amide bonds. The van der Waals surface area contributed by atoms with E-state index in [1.165, 1.54) is 0 Å². The van der Waals surface area contributed by atoms with Crippen LogP contribution in [0.15, 0.2) is 0 Å². The standard InChI is InChI=1S/C14H28N4O2/c1-3-5-6-12(15)14(20)18-9-7-17(8-10-18)11-13(19)16-4-2/h12H,3-11,15H2,1-2H3,(H,16,19)/t12-/m0/s1. The van der Waals surface area contributed by atoms with Crippen molar-refractivity contribution in [2.45, 2.75) is 39.2 Å². The van der Waals surface area contributed by atoms with Crippen LogP contribution in [0, 0.1) is 0 Å². The van der Waals surface area contributed by atoms with Crippen LogP contribution in [0.1, 0.15) is 33.1 Å². The zero-order valence-electron chi connectivity index (χ0n) is 12.7. The maximum atomic E-state index is 12.1. The largest absolute Gasteiger partial charge is 0.355 e. The lowest BCUT2D eigenvalue weighted by molar-refractivity contribution is -0.134. The molecule has 0 unspecified atom stereocenters. The van der Waals surface area contributed by atoms with Crippen molar-refractivity contribution in [2.75, 3.05) is 39.3 Å². The Hall–Kier alpha value is -1.14. The van der Waals surface area contributed by atoms with Crippen molar-refractivity contribution >= 4 is 11.8 Å². The molecule has 0 radical (unpaired) electrons. The molecule has 6 heteroatoms. The summed E-state index contributed by atoms with van der Waals surface area (Å²) < 4.78 is 0. The fourth-order valence-electron chi connectivity index (χ4n) is 2.36. The third kappa shape index (κ3) is 5.46. The van der Waals surface area contributed by atoms with Crippen molar-refractivity contribution in [1.82, 2.24) is 15.1 Å². The third-order valence-corrected chi connectivity index (χ3v) is 3.61. The van der Waals surface area contributed by atoms with Gasteiger partial charge in [0.2, 0.25) is 11.8 Å². The Kier molecular flexibility index (Phi) is 7.54. The smallest absolute Gasteiger partial charge is 0.239 e. The number of piperazine rings is 1. The molecule has 0 aromatic rings. The van der Waals surface area contributed by atoms with Crippen LogP contribution in [0.3, 0.4) is 0 Å². The van der Waals surface area contributed by atoms with Crippen LogP contribution in [-0.2, 0) is 9.59 Å². The van der Waals surface area contributed by atoms with Crippen LogP contribution in [0.25, 0.3) is 0 Å².